The predicted octanol–water partition coefficient (Wildman–Crippen LogP) is 4.63. The lowest BCUT2D eigenvalue weighted by Gasteiger charge is -2.42. The predicted molar refractivity (Wildman–Crippen MR) is 132 cm³/mol. The van der Waals surface area contributed by atoms with Crippen molar-refractivity contribution in [1.82, 2.24) is 24.8 Å². The Kier molecular flexibility index (Phi) is 6.52. The van der Waals surface area contributed by atoms with Crippen molar-refractivity contribution >= 4 is 34.4 Å². The van der Waals surface area contributed by atoms with Crippen LogP contribution in [-0.2, 0) is 4.79 Å². The Hall–Kier alpha value is -2.97. The van der Waals surface area contributed by atoms with Gasteiger partial charge >= 0.3 is 0 Å². The highest BCUT2D eigenvalue weighted by atomic mass is 35.5. The Morgan fingerprint density at radius 3 is 2.79 bits per heavy atom. The molecule has 2 atom stereocenters. The number of nitrogens with one attached hydrogen (secondary N) is 2. The maximum absolute atomic E-state index is 13.2. The Balaban J connectivity index is 1.25. The van der Waals surface area contributed by atoms with Gasteiger partial charge in [0.25, 0.3) is 5.91 Å². The quantitative estimate of drug-likeness (QED) is 0.518. The number of nitrogens with zero attached hydrogens (tertiary/aromatic N) is 4. The lowest BCUT2D eigenvalue weighted by Crippen LogP contribution is -2.53. The highest BCUT2D eigenvalue weighted by Crippen LogP contribution is 2.33. The zero-order valence-corrected chi connectivity index (χ0v) is 19.7. The highest BCUT2D eigenvalue weighted by Gasteiger charge is 2.31. The van der Waals surface area contributed by atoms with Crippen molar-refractivity contribution in [2.45, 2.75) is 37.8 Å². The van der Waals surface area contributed by atoms with Crippen LogP contribution in [0.1, 0.15) is 25.7 Å². The second-order valence-corrected chi connectivity index (χ2v) is 9.44. The Bertz CT molecular complexity index is 1210. The third-order valence-corrected chi connectivity index (χ3v) is 7.19. The molecule has 1 aliphatic heterocycles. The number of hydrogen-bond donors (Lipinski definition) is 2. The topological polar surface area (TPSA) is 77.2 Å². The molecule has 3 heterocycles. The Labute approximate surface area is 203 Å². The minimum absolute atomic E-state index is 0.251. The third-order valence-electron chi connectivity index (χ3n) is 6.92. The van der Waals surface area contributed by atoms with E-state index in [4.69, 9.17) is 16.6 Å². The van der Waals surface area contributed by atoms with Crippen LogP contribution in [0.3, 0.4) is 0 Å². The Morgan fingerprint density at radius 1 is 1.21 bits per heavy atom. The second kappa shape index (κ2) is 9.72. The summed E-state index contributed by atoms with van der Waals surface area (Å²) < 4.78 is 13.2. The van der Waals surface area contributed by atoms with Gasteiger partial charge in [-0.2, -0.15) is 0 Å². The first-order valence-corrected chi connectivity index (χ1v) is 12.1. The van der Waals surface area contributed by atoms with Gasteiger partial charge in [-0.15, -0.1) is 0 Å². The number of piperazine rings is 1. The molecule has 2 aliphatic rings. The average molecular weight is 483 g/mol. The number of anilines is 1. The molecule has 178 valence electrons. The van der Waals surface area contributed by atoms with Crippen LogP contribution in [-0.4, -0.2) is 68.9 Å². The lowest BCUT2D eigenvalue weighted by molar-refractivity contribution is -0.130. The molecule has 5 rings (SSSR count). The normalized spacial score (nSPS) is 21.5. The first-order valence-electron chi connectivity index (χ1n) is 11.7. The molecule has 2 aromatic heterocycles. The molecule has 9 heteroatoms. The number of benzene rings is 1. The number of para-hydroxylation sites is 1. The molecule has 1 aliphatic carbocycles. The van der Waals surface area contributed by atoms with Crippen molar-refractivity contribution in [3.63, 3.8) is 0 Å². The van der Waals surface area contributed by atoms with E-state index in [9.17, 15) is 9.18 Å². The van der Waals surface area contributed by atoms with Gasteiger partial charge in [0.2, 0.25) is 5.95 Å². The summed E-state index contributed by atoms with van der Waals surface area (Å²) in [6, 6.07) is 8.73. The van der Waals surface area contributed by atoms with Crippen LogP contribution < -0.4 is 5.32 Å². The lowest BCUT2D eigenvalue weighted by atomic mass is 9.89. The molecule has 0 radical (unpaired) electrons. The van der Waals surface area contributed by atoms with E-state index in [1.54, 1.807) is 11.1 Å². The molecule has 1 aromatic carbocycles. The fourth-order valence-electron chi connectivity index (χ4n) is 5.16. The molecule has 0 unspecified atom stereocenters. The van der Waals surface area contributed by atoms with Gasteiger partial charge in [-0.3, -0.25) is 9.69 Å². The standard InChI is InChI=1S/C25H28ClFN6O/c1-16(27)24(34)33-11-9-32(10-12-33)18-6-4-5-17(13-18)30-25-29-15-21(26)23(31-25)20-14-28-22-8-3-2-7-19(20)22/h2-3,7-8,14-15,17-18,28H,1,4-6,9-13H2,(H,29,30,31)/t17-,18+/m1/s1. The van der Waals surface area contributed by atoms with Crippen molar-refractivity contribution in [1.29, 1.82) is 0 Å². The van der Waals surface area contributed by atoms with Crippen LogP contribution in [0.25, 0.3) is 22.2 Å². The summed E-state index contributed by atoms with van der Waals surface area (Å²) in [7, 11) is 0. The molecule has 2 N–H and O–H groups in total. The van der Waals surface area contributed by atoms with Gasteiger partial charge in [-0.1, -0.05) is 36.4 Å². The van der Waals surface area contributed by atoms with Gasteiger partial charge in [0.05, 0.1) is 16.9 Å². The number of amides is 1. The minimum atomic E-state index is -0.884. The number of hydrogen-bond acceptors (Lipinski definition) is 5. The number of aromatic amines is 1. The number of H-pyrrole nitrogens is 1. The summed E-state index contributed by atoms with van der Waals surface area (Å²) >= 11 is 6.48. The maximum atomic E-state index is 13.2. The van der Waals surface area contributed by atoms with Crippen LogP contribution in [0.4, 0.5) is 10.3 Å². The number of carbonyl (C=O) groups excluding carboxylic acids is 1. The van der Waals surface area contributed by atoms with Crippen molar-refractivity contribution in [2.24, 2.45) is 0 Å². The molecule has 0 bridgehead atoms. The molecule has 7 nitrogen and oxygen atoms in total. The van der Waals surface area contributed by atoms with Crippen molar-refractivity contribution in [2.75, 3.05) is 31.5 Å². The minimum Gasteiger partial charge on any atom is -0.360 e. The van der Waals surface area contributed by atoms with Crippen LogP contribution in [0, 0.1) is 0 Å². The second-order valence-electron chi connectivity index (χ2n) is 9.03. The first-order chi connectivity index (χ1) is 16.5. The van der Waals surface area contributed by atoms with Crippen LogP contribution in [0.2, 0.25) is 5.02 Å². The SMILES string of the molecule is C=C(F)C(=O)N1CCN([C@H]2CCC[C@@H](Nc3ncc(Cl)c(-c4c[nH]c5ccccc45)n3)C2)CC1. The molecule has 34 heavy (non-hydrogen) atoms. The Morgan fingerprint density at radius 2 is 2.00 bits per heavy atom. The van der Waals surface area contributed by atoms with E-state index in [1.165, 1.54) is 0 Å². The van der Waals surface area contributed by atoms with Crippen LogP contribution in [0.15, 0.2) is 49.1 Å². The number of aromatic nitrogens is 3. The van der Waals surface area contributed by atoms with Gasteiger partial charge in [0, 0.05) is 60.9 Å². The maximum Gasteiger partial charge on any atom is 0.282 e. The van der Waals surface area contributed by atoms with E-state index >= 15 is 0 Å². The summed E-state index contributed by atoms with van der Waals surface area (Å²) in [6.45, 7) is 5.69. The zero-order valence-electron chi connectivity index (χ0n) is 18.9. The molecule has 3 aromatic rings. The average Bonchev–Trinajstić information content (AvgIpc) is 3.29. The van der Waals surface area contributed by atoms with Gasteiger partial charge in [0.15, 0.2) is 5.83 Å². The molecule has 2 fully saturated rings. The number of carbonyl (C=O) groups is 1. The molecule has 1 saturated heterocycles. The van der Waals surface area contributed by atoms with E-state index in [0.29, 0.717) is 35.8 Å². The molecule has 1 amide bonds. The summed E-state index contributed by atoms with van der Waals surface area (Å²) in [6.07, 6.45) is 7.82. The monoisotopic (exact) mass is 482 g/mol. The molecular formula is C25H28ClFN6O. The van der Waals surface area contributed by atoms with Crippen LogP contribution >= 0.6 is 11.6 Å². The molecule has 0 spiro atoms. The van der Waals surface area contributed by atoms with E-state index in [0.717, 1.165) is 55.2 Å². The number of halogens is 2. The zero-order chi connectivity index (χ0) is 23.7. The highest BCUT2D eigenvalue weighted by molar-refractivity contribution is 6.33. The van der Waals surface area contributed by atoms with E-state index < -0.39 is 11.7 Å². The summed E-state index contributed by atoms with van der Waals surface area (Å²) in [5.41, 5.74) is 2.70. The first kappa shape index (κ1) is 22.8. The number of rotatable bonds is 5. The largest absolute Gasteiger partial charge is 0.360 e. The summed E-state index contributed by atoms with van der Waals surface area (Å²) in [5.74, 6) is -0.897. The fourth-order valence-corrected chi connectivity index (χ4v) is 5.36. The van der Waals surface area contributed by atoms with Crippen molar-refractivity contribution < 1.29 is 9.18 Å². The van der Waals surface area contributed by atoms with Gasteiger partial charge in [-0.05, 0) is 31.7 Å². The van der Waals surface area contributed by atoms with Crippen molar-refractivity contribution in [3.8, 4) is 11.3 Å². The van der Waals surface area contributed by atoms with Crippen LogP contribution in [0.5, 0.6) is 0 Å². The third kappa shape index (κ3) is 4.65. The van der Waals surface area contributed by atoms with Crippen molar-refractivity contribution in [3.05, 3.63) is 54.1 Å². The van der Waals surface area contributed by atoms with E-state index in [2.05, 4.69) is 32.8 Å². The molecule has 1 saturated carbocycles. The summed E-state index contributed by atoms with van der Waals surface area (Å²) in [5, 5.41) is 5.11. The molecular weight excluding hydrogens is 455 g/mol. The fraction of sp³-hybridized carbons (Fsp3) is 0.400. The van der Waals surface area contributed by atoms with E-state index in [-0.39, 0.29) is 6.04 Å². The van der Waals surface area contributed by atoms with Gasteiger partial charge in [-0.25, -0.2) is 14.4 Å². The smallest absolute Gasteiger partial charge is 0.282 e. The summed E-state index contributed by atoms with van der Waals surface area (Å²) in [4.78, 5) is 28.3. The van der Waals surface area contributed by atoms with Gasteiger partial charge < -0.3 is 15.2 Å². The van der Waals surface area contributed by atoms with E-state index in [1.807, 2.05) is 24.4 Å². The number of fused-ring (bicyclic) bond motifs is 1. The van der Waals surface area contributed by atoms with Gasteiger partial charge in [0.1, 0.15) is 0 Å².